The number of rotatable bonds is 8. The van der Waals surface area contributed by atoms with Gasteiger partial charge in [-0.3, -0.25) is 14.4 Å². The summed E-state index contributed by atoms with van der Waals surface area (Å²) >= 11 is 0. The number of anilines is 1. The van der Waals surface area contributed by atoms with Crippen molar-refractivity contribution in [1.29, 1.82) is 0 Å². The van der Waals surface area contributed by atoms with E-state index in [4.69, 9.17) is 9.47 Å². The fraction of sp³-hybridized carbons (Fsp3) is 0.500. The maximum Gasteiger partial charge on any atom is 0.319 e. The van der Waals surface area contributed by atoms with Gasteiger partial charge in [-0.2, -0.15) is 0 Å². The molecular weight excluding hydrogens is 378 g/mol. The normalized spacial score (nSPS) is 14.0. The molecule has 1 aliphatic heterocycles. The lowest BCUT2D eigenvalue weighted by Crippen LogP contribution is -2.42. The lowest BCUT2D eigenvalue weighted by atomic mass is 9.97. The Kier molecular flexibility index (Phi) is 8.94. The highest BCUT2D eigenvalue weighted by atomic mass is 16.5. The SMILES string of the molecule is CCOC(=O)C1CCN(C(=O)COC(=O)CCNC(=O)Nc2ccccc2)CC1. The molecule has 3 amide bonds. The molecule has 0 spiro atoms. The van der Waals surface area contributed by atoms with Crippen LogP contribution < -0.4 is 10.6 Å². The molecule has 2 N–H and O–H groups in total. The van der Waals surface area contributed by atoms with E-state index in [1.807, 2.05) is 6.07 Å². The van der Waals surface area contributed by atoms with Gasteiger partial charge in [0, 0.05) is 25.3 Å². The Labute approximate surface area is 169 Å². The fourth-order valence-electron chi connectivity index (χ4n) is 2.91. The molecule has 29 heavy (non-hydrogen) atoms. The number of carbonyl (C=O) groups excluding carboxylic acids is 4. The van der Waals surface area contributed by atoms with Crippen LogP contribution in [0.15, 0.2) is 30.3 Å². The second-order valence-electron chi connectivity index (χ2n) is 6.56. The summed E-state index contributed by atoms with van der Waals surface area (Å²) in [6.07, 6.45) is 1.04. The van der Waals surface area contributed by atoms with Crippen molar-refractivity contribution in [1.82, 2.24) is 10.2 Å². The molecule has 0 saturated carbocycles. The predicted molar refractivity (Wildman–Crippen MR) is 105 cm³/mol. The molecule has 158 valence electrons. The zero-order chi connectivity index (χ0) is 21.1. The van der Waals surface area contributed by atoms with E-state index in [-0.39, 0.29) is 37.4 Å². The smallest absolute Gasteiger partial charge is 0.319 e. The van der Waals surface area contributed by atoms with Crippen LogP contribution in [-0.4, -0.2) is 61.6 Å². The molecule has 1 fully saturated rings. The molecule has 1 aliphatic rings. The van der Waals surface area contributed by atoms with E-state index in [0.717, 1.165) is 0 Å². The van der Waals surface area contributed by atoms with E-state index >= 15 is 0 Å². The van der Waals surface area contributed by atoms with Gasteiger partial charge >= 0.3 is 18.0 Å². The Hall–Kier alpha value is -3.10. The largest absolute Gasteiger partial charge is 0.466 e. The number of piperidine rings is 1. The molecule has 9 heteroatoms. The Bertz CT molecular complexity index is 701. The van der Waals surface area contributed by atoms with Crippen molar-refractivity contribution in [3.63, 3.8) is 0 Å². The highest BCUT2D eigenvalue weighted by molar-refractivity contribution is 5.89. The number of hydrogen-bond acceptors (Lipinski definition) is 6. The summed E-state index contributed by atoms with van der Waals surface area (Å²) in [7, 11) is 0. The maximum atomic E-state index is 12.1. The van der Waals surface area contributed by atoms with Gasteiger partial charge in [-0.1, -0.05) is 18.2 Å². The van der Waals surface area contributed by atoms with Crippen LogP contribution in [0.1, 0.15) is 26.2 Å². The highest BCUT2D eigenvalue weighted by Crippen LogP contribution is 2.18. The molecule has 0 aliphatic carbocycles. The lowest BCUT2D eigenvalue weighted by molar-refractivity contribution is -0.154. The first-order valence-corrected chi connectivity index (χ1v) is 9.69. The highest BCUT2D eigenvalue weighted by Gasteiger charge is 2.28. The first kappa shape index (κ1) is 22.2. The van der Waals surface area contributed by atoms with Crippen LogP contribution in [0.25, 0.3) is 0 Å². The van der Waals surface area contributed by atoms with Gasteiger partial charge in [-0.05, 0) is 31.9 Å². The van der Waals surface area contributed by atoms with Crippen LogP contribution in [0.3, 0.4) is 0 Å². The van der Waals surface area contributed by atoms with E-state index in [0.29, 0.717) is 38.2 Å². The van der Waals surface area contributed by atoms with Gasteiger partial charge in [-0.25, -0.2) is 4.79 Å². The molecule has 2 rings (SSSR count). The molecule has 0 bridgehead atoms. The Morgan fingerprint density at radius 3 is 2.41 bits per heavy atom. The minimum absolute atomic E-state index is 0.0412. The van der Waals surface area contributed by atoms with Crippen LogP contribution in [-0.2, 0) is 23.9 Å². The van der Waals surface area contributed by atoms with E-state index in [2.05, 4.69) is 10.6 Å². The van der Waals surface area contributed by atoms with Crippen molar-refractivity contribution in [2.75, 3.05) is 38.2 Å². The summed E-state index contributed by atoms with van der Waals surface area (Å²) in [5.41, 5.74) is 0.643. The van der Waals surface area contributed by atoms with E-state index in [1.165, 1.54) is 0 Å². The maximum absolute atomic E-state index is 12.1. The Balaban J connectivity index is 1.58. The van der Waals surface area contributed by atoms with Crippen molar-refractivity contribution in [2.45, 2.75) is 26.2 Å². The summed E-state index contributed by atoms with van der Waals surface area (Å²) in [4.78, 5) is 48.9. The Morgan fingerprint density at radius 2 is 1.76 bits per heavy atom. The number of esters is 2. The summed E-state index contributed by atoms with van der Waals surface area (Å²) in [6, 6.07) is 8.49. The average molecular weight is 405 g/mol. The van der Waals surface area contributed by atoms with Crippen molar-refractivity contribution >= 4 is 29.6 Å². The molecule has 0 radical (unpaired) electrons. The second-order valence-corrected chi connectivity index (χ2v) is 6.56. The zero-order valence-electron chi connectivity index (χ0n) is 16.5. The number of carbonyl (C=O) groups is 4. The van der Waals surface area contributed by atoms with Gasteiger partial charge in [0.2, 0.25) is 0 Å². The monoisotopic (exact) mass is 405 g/mol. The number of nitrogens with one attached hydrogen (secondary N) is 2. The van der Waals surface area contributed by atoms with E-state index in [1.54, 1.807) is 36.1 Å². The molecule has 0 aromatic heterocycles. The van der Waals surface area contributed by atoms with Gasteiger partial charge in [0.25, 0.3) is 5.91 Å². The molecular formula is C20H27N3O6. The third kappa shape index (κ3) is 7.81. The number of para-hydroxylation sites is 1. The van der Waals surface area contributed by atoms with Gasteiger partial charge in [0.05, 0.1) is 18.9 Å². The summed E-state index contributed by atoms with van der Waals surface area (Å²) in [5.74, 6) is -1.28. The summed E-state index contributed by atoms with van der Waals surface area (Å²) < 4.78 is 9.97. The third-order valence-corrected chi connectivity index (χ3v) is 4.47. The van der Waals surface area contributed by atoms with Gasteiger partial charge in [-0.15, -0.1) is 0 Å². The minimum Gasteiger partial charge on any atom is -0.466 e. The van der Waals surface area contributed by atoms with Crippen molar-refractivity contribution < 1.29 is 28.7 Å². The first-order chi connectivity index (χ1) is 14.0. The number of benzene rings is 1. The van der Waals surface area contributed by atoms with E-state index in [9.17, 15) is 19.2 Å². The van der Waals surface area contributed by atoms with E-state index < -0.39 is 12.0 Å². The summed E-state index contributed by atoms with van der Waals surface area (Å²) in [6.45, 7) is 2.71. The summed E-state index contributed by atoms with van der Waals surface area (Å²) in [5, 5.41) is 5.18. The number of nitrogens with zero attached hydrogens (tertiary/aromatic N) is 1. The number of ether oxygens (including phenoxy) is 2. The molecule has 1 aromatic rings. The Morgan fingerprint density at radius 1 is 1.07 bits per heavy atom. The quantitative estimate of drug-likeness (QED) is 0.634. The predicted octanol–water partition coefficient (Wildman–Crippen LogP) is 1.54. The van der Waals surface area contributed by atoms with Crippen LogP contribution in [0.4, 0.5) is 10.5 Å². The number of likely N-dealkylation sites (tertiary alicyclic amines) is 1. The van der Waals surface area contributed by atoms with Gasteiger partial charge < -0.3 is 25.0 Å². The fourth-order valence-corrected chi connectivity index (χ4v) is 2.91. The number of hydrogen-bond donors (Lipinski definition) is 2. The molecule has 1 heterocycles. The number of urea groups is 1. The zero-order valence-corrected chi connectivity index (χ0v) is 16.5. The van der Waals surface area contributed by atoms with Crippen molar-refractivity contribution in [2.24, 2.45) is 5.92 Å². The molecule has 9 nitrogen and oxygen atoms in total. The van der Waals surface area contributed by atoms with Crippen LogP contribution in [0.2, 0.25) is 0 Å². The molecule has 1 aromatic carbocycles. The second kappa shape index (κ2) is 11.7. The number of amides is 3. The molecule has 0 unspecified atom stereocenters. The van der Waals surface area contributed by atoms with Crippen molar-refractivity contribution in [3.8, 4) is 0 Å². The molecule has 1 saturated heterocycles. The topological polar surface area (TPSA) is 114 Å². The lowest BCUT2D eigenvalue weighted by Gasteiger charge is -2.30. The standard InChI is InChI=1S/C20H27N3O6/c1-2-28-19(26)15-9-12-23(13-10-15)17(24)14-29-18(25)8-11-21-20(27)22-16-6-4-3-5-7-16/h3-7,15H,2,8-14H2,1H3,(H2,21,22,27). The van der Waals surface area contributed by atoms with Crippen LogP contribution in [0, 0.1) is 5.92 Å². The van der Waals surface area contributed by atoms with Gasteiger partial charge in [0.1, 0.15) is 0 Å². The third-order valence-electron chi connectivity index (χ3n) is 4.47. The van der Waals surface area contributed by atoms with Crippen LogP contribution >= 0.6 is 0 Å². The first-order valence-electron chi connectivity index (χ1n) is 9.69. The van der Waals surface area contributed by atoms with Crippen molar-refractivity contribution in [3.05, 3.63) is 30.3 Å². The average Bonchev–Trinajstić information content (AvgIpc) is 2.73. The molecule has 0 atom stereocenters. The van der Waals surface area contributed by atoms with Gasteiger partial charge in [0.15, 0.2) is 6.61 Å². The van der Waals surface area contributed by atoms with Crippen LogP contribution in [0.5, 0.6) is 0 Å². The minimum atomic E-state index is -0.570.